The zero-order chi connectivity index (χ0) is 28.1. The number of fused-ring (bicyclic) bond motifs is 1. The number of carbonyl (C=O) groups excluding carboxylic acids is 4. The second-order valence-electron chi connectivity index (χ2n) is 10.4. The van der Waals surface area contributed by atoms with Gasteiger partial charge in [-0.15, -0.1) is 0 Å². The minimum atomic E-state index is -0.842. The molecular formula is C30H33Cl2N3O4. The molecule has 1 heterocycles. The number of rotatable bonds is 10. The van der Waals surface area contributed by atoms with Crippen LogP contribution in [0.15, 0.2) is 60.7 Å². The fraction of sp³-hybridized carbons (Fsp3) is 0.400. The first-order chi connectivity index (χ1) is 18.7. The minimum absolute atomic E-state index is 0.0296. The maximum absolute atomic E-state index is 13.8. The summed E-state index contributed by atoms with van der Waals surface area (Å²) in [5.74, 6) is -1.82. The number of carbonyl (C=O) groups is 4. The number of likely N-dealkylation sites (tertiary alicyclic amines) is 1. The zero-order valence-electron chi connectivity index (χ0n) is 22.1. The van der Waals surface area contributed by atoms with Crippen molar-refractivity contribution in [2.45, 2.75) is 58.2 Å². The quantitative estimate of drug-likeness (QED) is 0.329. The Balaban J connectivity index is 1.61. The molecule has 0 bridgehead atoms. The first-order valence-electron chi connectivity index (χ1n) is 13.2. The van der Waals surface area contributed by atoms with Crippen molar-refractivity contribution in [1.82, 2.24) is 15.1 Å². The van der Waals surface area contributed by atoms with Gasteiger partial charge in [0.15, 0.2) is 0 Å². The molecule has 2 aliphatic rings. The monoisotopic (exact) mass is 569 g/mol. The van der Waals surface area contributed by atoms with Gasteiger partial charge >= 0.3 is 0 Å². The fourth-order valence-corrected chi connectivity index (χ4v) is 5.68. The number of nitrogens with zero attached hydrogens (tertiary/aromatic N) is 2. The minimum Gasteiger partial charge on any atom is -0.352 e. The first kappa shape index (κ1) is 28.8. The Morgan fingerprint density at radius 2 is 1.64 bits per heavy atom. The number of allylic oxidation sites excluding steroid dienone is 2. The van der Waals surface area contributed by atoms with Gasteiger partial charge < -0.3 is 10.2 Å². The van der Waals surface area contributed by atoms with Crippen molar-refractivity contribution in [1.29, 1.82) is 0 Å². The highest BCUT2D eigenvalue weighted by atomic mass is 35.5. The van der Waals surface area contributed by atoms with E-state index >= 15 is 0 Å². The SMILES string of the molecule is CC(C)NC(=O)[C@H](Cc1ccccc1)N(Cc1ccc(Cl)cc1Cl)C(=O)CCN1C(=O)[C@H]2CC=CC[C@H]2C1=O. The molecule has 7 nitrogen and oxygen atoms in total. The molecule has 0 saturated carbocycles. The smallest absolute Gasteiger partial charge is 0.243 e. The molecule has 4 amide bonds. The molecule has 0 spiro atoms. The standard InChI is InChI=1S/C30H33Cl2N3O4/c1-19(2)33-28(37)26(16-20-8-4-3-5-9-20)35(18-21-12-13-22(31)17-25(21)32)27(36)14-15-34-29(38)23-10-6-7-11-24(23)30(34)39/h3-9,12-13,17,19,23-24,26H,10-11,14-16,18H2,1-2H3,(H,33,37)/t23-,24+,26-/m0/s1. The second kappa shape index (κ2) is 12.8. The lowest BCUT2D eigenvalue weighted by atomic mass is 9.85. The third kappa shape index (κ3) is 6.89. The predicted octanol–water partition coefficient (Wildman–Crippen LogP) is 4.80. The summed E-state index contributed by atoms with van der Waals surface area (Å²) in [6, 6.07) is 13.5. The Morgan fingerprint density at radius 3 is 2.23 bits per heavy atom. The number of hydrogen-bond acceptors (Lipinski definition) is 4. The van der Waals surface area contributed by atoms with Gasteiger partial charge in [0.25, 0.3) is 0 Å². The average molecular weight is 571 g/mol. The second-order valence-corrected chi connectivity index (χ2v) is 11.2. The highest BCUT2D eigenvalue weighted by Crippen LogP contribution is 2.35. The Labute approximate surface area is 239 Å². The van der Waals surface area contributed by atoms with Crippen molar-refractivity contribution in [3.63, 3.8) is 0 Å². The molecule has 1 fully saturated rings. The van der Waals surface area contributed by atoms with Gasteiger partial charge in [-0.1, -0.05) is 71.8 Å². The summed E-state index contributed by atoms with van der Waals surface area (Å²) in [5, 5.41) is 3.78. The number of nitrogens with one attached hydrogen (secondary N) is 1. The predicted molar refractivity (Wildman–Crippen MR) is 151 cm³/mol. The molecule has 1 aliphatic carbocycles. The van der Waals surface area contributed by atoms with Crippen molar-refractivity contribution < 1.29 is 19.2 Å². The van der Waals surface area contributed by atoms with Gasteiger partial charge in [-0.25, -0.2) is 0 Å². The number of hydrogen-bond donors (Lipinski definition) is 1. The highest BCUT2D eigenvalue weighted by Gasteiger charge is 2.47. The zero-order valence-corrected chi connectivity index (χ0v) is 23.6. The Morgan fingerprint density at radius 1 is 1.00 bits per heavy atom. The van der Waals surface area contributed by atoms with Crippen LogP contribution in [0.5, 0.6) is 0 Å². The van der Waals surface area contributed by atoms with Crippen LogP contribution in [-0.4, -0.2) is 52.1 Å². The molecule has 0 unspecified atom stereocenters. The van der Waals surface area contributed by atoms with E-state index in [2.05, 4.69) is 5.32 Å². The van der Waals surface area contributed by atoms with E-state index in [9.17, 15) is 19.2 Å². The van der Waals surface area contributed by atoms with Gasteiger partial charge in [-0.3, -0.25) is 24.1 Å². The van der Waals surface area contributed by atoms with Crippen LogP contribution in [0.25, 0.3) is 0 Å². The summed E-state index contributed by atoms with van der Waals surface area (Å²) >= 11 is 12.6. The van der Waals surface area contributed by atoms with Crippen LogP contribution in [0.4, 0.5) is 0 Å². The van der Waals surface area contributed by atoms with E-state index in [0.717, 1.165) is 5.56 Å². The van der Waals surface area contributed by atoms with Crippen molar-refractivity contribution in [3.05, 3.63) is 81.9 Å². The summed E-state index contributed by atoms with van der Waals surface area (Å²) in [6.45, 7) is 3.75. The largest absolute Gasteiger partial charge is 0.352 e. The van der Waals surface area contributed by atoms with E-state index in [1.165, 1.54) is 9.80 Å². The Kier molecular flexibility index (Phi) is 9.46. The summed E-state index contributed by atoms with van der Waals surface area (Å²) in [4.78, 5) is 56.0. The molecule has 39 heavy (non-hydrogen) atoms. The lowest BCUT2D eigenvalue weighted by Crippen LogP contribution is -2.52. The molecule has 1 N–H and O–H groups in total. The lowest BCUT2D eigenvalue weighted by molar-refractivity contribution is -0.144. The van der Waals surface area contributed by atoms with Crippen LogP contribution in [-0.2, 0) is 32.1 Å². The van der Waals surface area contributed by atoms with Gasteiger partial charge in [0, 0.05) is 42.0 Å². The van der Waals surface area contributed by atoms with Crippen LogP contribution in [0.1, 0.15) is 44.2 Å². The average Bonchev–Trinajstić information content (AvgIpc) is 3.15. The summed E-state index contributed by atoms with van der Waals surface area (Å²) in [7, 11) is 0. The maximum atomic E-state index is 13.8. The summed E-state index contributed by atoms with van der Waals surface area (Å²) in [6.07, 6.45) is 5.12. The molecule has 1 saturated heterocycles. The molecule has 0 aromatic heterocycles. The number of amides is 4. The topological polar surface area (TPSA) is 86.8 Å². The van der Waals surface area contributed by atoms with Gasteiger partial charge in [-0.2, -0.15) is 0 Å². The van der Waals surface area contributed by atoms with E-state index in [-0.39, 0.29) is 67.4 Å². The van der Waals surface area contributed by atoms with Gasteiger partial charge in [-0.05, 0) is 49.9 Å². The number of imide groups is 1. The molecule has 206 valence electrons. The Bertz CT molecular complexity index is 1240. The van der Waals surface area contributed by atoms with Crippen molar-refractivity contribution in [2.75, 3.05) is 6.54 Å². The maximum Gasteiger partial charge on any atom is 0.243 e. The van der Waals surface area contributed by atoms with Crippen molar-refractivity contribution in [3.8, 4) is 0 Å². The highest BCUT2D eigenvalue weighted by molar-refractivity contribution is 6.35. The molecule has 2 aromatic carbocycles. The van der Waals surface area contributed by atoms with Crippen molar-refractivity contribution in [2.24, 2.45) is 11.8 Å². The molecule has 1 aliphatic heterocycles. The lowest BCUT2D eigenvalue weighted by Gasteiger charge is -2.32. The van der Waals surface area contributed by atoms with Gasteiger partial charge in [0.2, 0.25) is 23.6 Å². The van der Waals surface area contributed by atoms with Crippen LogP contribution < -0.4 is 5.32 Å². The van der Waals surface area contributed by atoms with E-state index < -0.39 is 6.04 Å². The van der Waals surface area contributed by atoms with Crippen LogP contribution in [0.2, 0.25) is 10.0 Å². The van der Waals surface area contributed by atoms with E-state index in [1.807, 2.05) is 56.3 Å². The fourth-order valence-electron chi connectivity index (χ4n) is 5.21. The van der Waals surface area contributed by atoms with Gasteiger partial charge in [0.05, 0.1) is 11.8 Å². The first-order valence-corrected chi connectivity index (χ1v) is 14.0. The number of halogens is 2. The molecular weight excluding hydrogens is 537 g/mol. The van der Waals surface area contributed by atoms with Gasteiger partial charge in [0.1, 0.15) is 6.04 Å². The van der Waals surface area contributed by atoms with Crippen LogP contribution in [0, 0.1) is 11.8 Å². The van der Waals surface area contributed by atoms with Crippen LogP contribution >= 0.6 is 23.2 Å². The normalized spacial score (nSPS) is 19.3. The molecule has 2 aromatic rings. The van der Waals surface area contributed by atoms with E-state index in [4.69, 9.17) is 23.2 Å². The third-order valence-corrected chi connectivity index (χ3v) is 7.79. The summed E-state index contributed by atoms with van der Waals surface area (Å²) < 4.78 is 0. The Hall–Kier alpha value is -3.16. The molecule has 4 rings (SSSR count). The number of benzene rings is 2. The van der Waals surface area contributed by atoms with E-state index in [0.29, 0.717) is 28.5 Å². The summed E-state index contributed by atoms with van der Waals surface area (Å²) in [5.41, 5.74) is 1.53. The van der Waals surface area contributed by atoms with Crippen LogP contribution in [0.3, 0.4) is 0 Å². The molecule has 9 heteroatoms. The van der Waals surface area contributed by atoms with E-state index in [1.54, 1.807) is 18.2 Å². The molecule has 0 radical (unpaired) electrons. The molecule has 3 atom stereocenters. The third-order valence-electron chi connectivity index (χ3n) is 7.21. The van der Waals surface area contributed by atoms with Crippen molar-refractivity contribution >= 4 is 46.8 Å².